The molecule has 6 aromatic rings. The number of hydrogen-bond donors (Lipinski definition) is 2. The molecular weight excluding hydrogens is 669 g/mol. The van der Waals surface area contributed by atoms with Gasteiger partial charge < -0.3 is 9.64 Å². The van der Waals surface area contributed by atoms with Crippen LogP contribution in [0, 0.1) is 5.82 Å². The van der Waals surface area contributed by atoms with Crippen LogP contribution >= 0.6 is 23.2 Å². The second kappa shape index (κ2) is 12.5. The number of hydrogen-bond acceptors (Lipinski definition) is 7. The number of halogens is 6. The Morgan fingerprint density at radius 2 is 1.62 bits per heavy atom. The molecule has 0 bridgehead atoms. The largest absolute Gasteiger partial charge is 0.482 e. The van der Waals surface area contributed by atoms with Gasteiger partial charge in [0.05, 0.1) is 33.2 Å². The number of aromatic nitrogens is 8. The van der Waals surface area contributed by atoms with Crippen LogP contribution in [0.4, 0.5) is 23.2 Å². The van der Waals surface area contributed by atoms with Crippen molar-refractivity contribution >= 4 is 45.8 Å². The summed E-state index contributed by atoms with van der Waals surface area (Å²) in [5, 5.41) is 12.7. The fourth-order valence-electron chi connectivity index (χ4n) is 5.01. The summed E-state index contributed by atoms with van der Waals surface area (Å²) in [6.45, 7) is -0.882. The lowest BCUT2D eigenvalue weighted by Crippen LogP contribution is -2.36. The number of aryl methyl sites for hydroxylation is 1. The van der Waals surface area contributed by atoms with Crippen molar-refractivity contribution in [3.05, 3.63) is 105 Å². The molecule has 0 aliphatic heterocycles. The van der Waals surface area contributed by atoms with Gasteiger partial charge in [-0.3, -0.25) is 24.1 Å². The summed E-state index contributed by atoms with van der Waals surface area (Å²) in [4.78, 5) is 36.5. The maximum Gasteiger partial charge on any atom is 0.416 e. The predicted molar refractivity (Wildman–Crippen MR) is 162 cm³/mol. The van der Waals surface area contributed by atoms with Gasteiger partial charge in [-0.1, -0.05) is 23.2 Å². The zero-order valence-electron chi connectivity index (χ0n) is 24.0. The molecule has 47 heavy (non-hydrogen) atoms. The lowest BCUT2D eigenvalue weighted by atomic mass is 10.00. The number of alkyl halides is 3. The topological polar surface area (TPSA) is 140 Å². The van der Waals surface area contributed by atoms with E-state index in [0.29, 0.717) is 5.82 Å². The minimum atomic E-state index is -4.83. The Hall–Kier alpha value is -5.22. The van der Waals surface area contributed by atoms with Gasteiger partial charge in [0, 0.05) is 18.3 Å². The SMILES string of the molecule is Cn1c(=O)n(CC(=O)N(Cc2ncn[nH]2)c2ccc(F)cc2)c2cc(C(F)(F)F)cc(-c3cc(Cl)c(OCc4ncn[nH]4)c(Cl)c3)c21. The molecule has 0 fully saturated rings. The molecule has 3 heterocycles. The van der Waals surface area contributed by atoms with Gasteiger partial charge in [-0.25, -0.2) is 19.2 Å². The molecule has 0 saturated heterocycles. The number of rotatable bonds is 9. The Morgan fingerprint density at radius 3 is 2.21 bits per heavy atom. The summed E-state index contributed by atoms with van der Waals surface area (Å²) in [5.41, 5.74) is -1.55. The minimum Gasteiger partial charge on any atom is -0.482 e. The van der Waals surface area contributed by atoms with Crippen LogP contribution in [0.2, 0.25) is 10.0 Å². The van der Waals surface area contributed by atoms with Crippen molar-refractivity contribution in [3.8, 4) is 16.9 Å². The number of benzene rings is 3. The number of carbonyl (C=O) groups excluding carboxylic acids is 1. The molecule has 0 atom stereocenters. The molecule has 6 rings (SSSR count). The van der Waals surface area contributed by atoms with Crippen molar-refractivity contribution < 1.29 is 27.1 Å². The fourth-order valence-corrected chi connectivity index (χ4v) is 5.61. The number of aromatic amines is 2. The van der Waals surface area contributed by atoms with Gasteiger partial charge in [-0.2, -0.15) is 23.4 Å². The zero-order chi connectivity index (χ0) is 33.5. The number of ether oxygens (including phenoxy) is 1. The molecular formula is C29H21Cl2F4N9O3. The molecule has 12 nitrogen and oxygen atoms in total. The van der Waals surface area contributed by atoms with E-state index in [1.165, 1.54) is 48.9 Å². The Labute approximate surface area is 271 Å². The van der Waals surface area contributed by atoms with E-state index in [1.54, 1.807) is 0 Å². The van der Waals surface area contributed by atoms with E-state index in [-0.39, 0.29) is 62.6 Å². The van der Waals surface area contributed by atoms with Crippen molar-refractivity contribution in [2.75, 3.05) is 4.90 Å². The number of nitrogens with one attached hydrogen (secondary N) is 2. The summed E-state index contributed by atoms with van der Waals surface area (Å²) >= 11 is 12.9. The summed E-state index contributed by atoms with van der Waals surface area (Å²) in [6.07, 6.45) is -2.32. The molecule has 0 saturated carbocycles. The van der Waals surface area contributed by atoms with E-state index in [4.69, 9.17) is 27.9 Å². The molecule has 242 valence electrons. The maximum absolute atomic E-state index is 14.3. The van der Waals surface area contributed by atoms with Crippen LogP contribution in [0.25, 0.3) is 22.2 Å². The maximum atomic E-state index is 14.3. The van der Waals surface area contributed by atoms with Crippen LogP contribution in [-0.2, 0) is 37.7 Å². The lowest BCUT2D eigenvalue weighted by Gasteiger charge is -2.22. The Bertz CT molecular complexity index is 2110. The minimum absolute atomic E-state index is 0.0143. The monoisotopic (exact) mass is 689 g/mol. The molecule has 0 aliphatic carbocycles. The van der Waals surface area contributed by atoms with Gasteiger partial charge in [0.15, 0.2) is 11.6 Å². The van der Waals surface area contributed by atoms with Gasteiger partial charge in [-0.15, -0.1) is 0 Å². The zero-order valence-corrected chi connectivity index (χ0v) is 25.5. The number of amides is 1. The van der Waals surface area contributed by atoms with Crippen LogP contribution in [0.15, 0.2) is 66.0 Å². The standard InChI is InChI=1S/C29H21Cl2F4N9O3/c1-42-26-19(15-6-20(30)27(21(31)7-15)47-12-24-37-14-39-41-24)8-16(29(33,34)35)9-22(26)44(28(42)46)11-25(45)43(10-23-36-13-38-40-23)18-4-2-17(32)3-5-18/h2-9,13-14H,10-12H2,1H3,(H,36,38,40)(H,37,39,41). The quantitative estimate of drug-likeness (QED) is 0.191. The molecule has 0 aliphatic rings. The Kier molecular flexibility index (Phi) is 8.46. The van der Waals surface area contributed by atoms with Gasteiger partial charge in [0.1, 0.15) is 37.4 Å². The fraction of sp³-hybridized carbons (Fsp3) is 0.172. The number of carbonyl (C=O) groups is 1. The van der Waals surface area contributed by atoms with Gasteiger partial charge in [0.25, 0.3) is 0 Å². The first-order chi connectivity index (χ1) is 22.4. The van der Waals surface area contributed by atoms with Gasteiger partial charge in [-0.05, 0) is 54.1 Å². The van der Waals surface area contributed by atoms with Gasteiger partial charge in [0.2, 0.25) is 5.91 Å². The molecule has 0 radical (unpaired) electrons. The average molecular weight is 690 g/mol. The highest BCUT2D eigenvalue weighted by Gasteiger charge is 2.33. The first-order valence-corrected chi connectivity index (χ1v) is 14.3. The third kappa shape index (κ3) is 6.41. The summed E-state index contributed by atoms with van der Waals surface area (Å²) in [7, 11) is 1.37. The lowest BCUT2D eigenvalue weighted by molar-refractivity contribution is -0.137. The molecule has 3 aromatic heterocycles. The van der Waals surface area contributed by atoms with E-state index in [0.717, 1.165) is 33.4 Å². The molecule has 0 spiro atoms. The highest BCUT2D eigenvalue weighted by molar-refractivity contribution is 6.37. The first kappa shape index (κ1) is 31.7. The van der Waals surface area contributed by atoms with E-state index in [9.17, 15) is 27.2 Å². The van der Waals surface area contributed by atoms with Crippen LogP contribution < -0.4 is 15.3 Å². The van der Waals surface area contributed by atoms with Crippen LogP contribution in [0.1, 0.15) is 17.2 Å². The summed E-state index contributed by atoms with van der Waals surface area (Å²) < 4.78 is 64.2. The molecule has 2 N–H and O–H groups in total. The van der Waals surface area contributed by atoms with Crippen molar-refractivity contribution in [3.63, 3.8) is 0 Å². The van der Waals surface area contributed by atoms with Crippen LogP contribution in [0.5, 0.6) is 5.75 Å². The van der Waals surface area contributed by atoms with E-state index < -0.39 is 35.7 Å². The first-order valence-electron chi connectivity index (χ1n) is 13.6. The number of nitrogens with zero attached hydrogens (tertiary/aromatic N) is 7. The molecule has 3 aromatic carbocycles. The summed E-state index contributed by atoms with van der Waals surface area (Å²) in [5.74, 6) is -0.530. The Morgan fingerprint density at radius 1 is 0.979 bits per heavy atom. The average Bonchev–Trinajstić information content (AvgIpc) is 3.79. The van der Waals surface area contributed by atoms with Crippen molar-refractivity contribution in [2.24, 2.45) is 7.05 Å². The van der Waals surface area contributed by atoms with Crippen LogP contribution in [-0.4, -0.2) is 45.4 Å². The Balaban J connectivity index is 1.44. The van der Waals surface area contributed by atoms with Crippen molar-refractivity contribution in [1.29, 1.82) is 0 Å². The van der Waals surface area contributed by atoms with Crippen molar-refractivity contribution in [2.45, 2.75) is 25.9 Å². The molecule has 18 heteroatoms. The van der Waals surface area contributed by atoms with E-state index >= 15 is 0 Å². The highest BCUT2D eigenvalue weighted by Crippen LogP contribution is 2.42. The molecule has 0 unspecified atom stereocenters. The molecule has 1 amide bonds. The van der Waals surface area contributed by atoms with Gasteiger partial charge >= 0.3 is 11.9 Å². The third-order valence-corrected chi connectivity index (χ3v) is 7.76. The number of fused-ring (bicyclic) bond motifs is 1. The number of anilines is 1. The smallest absolute Gasteiger partial charge is 0.416 e. The van der Waals surface area contributed by atoms with Crippen molar-refractivity contribution in [1.82, 2.24) is 39.5 Å². The second-order valence-electron chi connectivity index (χ2n) is 10.2. The number of H-pyrrole nitrogens is 2. The normalized spacial score (nSPS) is 11.7. The summed E-state index contributed by atoms with van der Waals surface area (Å²) in [6, 6.07) is 9.37. The number of imidazole rings is 1. The van der Waals surface area contributed by atoms with E-state index in [2.05, 4.69) is 30.4 Å². The predicted octanol–water partition coefficient (Wildman–Crippen LogP) is 5.52. The van der Waals surface area contributed by atoms with E-state index in [1.807, 2.05) is 0 Å². The third-order valence-electron chi connectivity index (χ3n) is 7.19. The highest BCUT2D eigenvalue weighted by atomic mass is 35.5. The second-order valence-corrected chi connectivity index (χ2v) is 11.0. The van der Waals surface area contributed by atoms with Crippen LogP contribution in [0.3, 0.4) is 0 Å².